The molecule has 0 saturated carbocycles. The number of carbonyl (C=O) groups is 1. The Bertz CT molecular complexity index is 197. The minimum absolute atomic E-state index is 0.303. The van der Waals surface area contributed by atoms with Crippen molar-refractivity contribution in [1.82, 2.24) is 0 Å². The molecule has 0 aromatic rings. The molecule has 14 heavy (non-hydrogen) atoms. The zero-order chi connectivity index (χ0) is 11.0. The molecule has 82 valence electrons. The van der Waals surface area contributed by atoms with Crippen LogP contribution in [0, 0.1) is 0 Å². The lowest BCUT2D eigenvalue weighted by molar-refractivity contribution is -0.150. The van der Waals surface area contributed by atoms with Gasteiger partial charge in [-0.15, -0.1) is 0 Å². The molecule has 0 saturated heterocycles. The molecule has 0 spiro atoms. The molecule has 0 aromatic carbocycles. The normalized spacial score (nSPS) is 13.9. The maximum absolute atomic E-state index is 11.0. The third kappa shape index (κ3) is 5.75. The number of carbonyl (C=O) groups excluding carboxylic acids is 1. The number of allylic oxidation sites excluding steroid dienone is 1. The molecule has 0 aliphatic rings. The summed E-state index contributed by atoms with van der Waals surface area (Å²) in [5.41, 5.74) is 1.03. The second kappa shape index (κ2) is 7.56. The summed E-state index contributed by atoms with van der Waals surface area (Å²) in [5.74, 6) is -0.566. The zero-order valence-electron chi connectivity index (χ0n) is 9.25. The highest BCUT2D eigenvalue weighted by atomic mass is 16.5. The van der Waals surface area contributed by atoms with Crippen LogP contribution in [0.1, 0.15) is 40.0 Å². The maximum Gasteiger partial charge on any atom is 0.339 e. The summed E-state index contributed by atoms with van der Waals surface area (Å²) in [6.07, 6.45) is 3.57. The van der Waals surface area contributed by atoms with E-state index in [0.717, 1.165) is 24.8 Å². The predicted molar refractivity (Wildman–Crippen MR) is 55.9 cm³/mol. The molecule has 0 aromatic heterocycles. The lowest BCUT2D eigenvalue weighted by atomic mass is 10.1. The van der Waals surface area contributed by atoms with E-state index in [0.29, 0.717) is 6.61 Å². The van der Waals surface area contributed by atoms with E-state index >= 15 is 0 Å². The Hall–Kier alpha value is -0.830. The summed E-state index contributed by atoms with van der Waals surface area (Å²) < 4.78 is 4.68. The van der Waals surface area contributed by atoms with Crippen molar-refractivity contribution in [3.8, 4) is 0 Å². The second-order valence-corrected chi connectivity index (χ2v) is 3.31. The molecule has 3 nitrogen and oxygen atoms in total. The molecule has 1 atom stereocenters. The van der Waals surface area contributed by atoms with Gasteiger partial charge in [-0.3, -0.25) is 0 Å². The number of ether oxygens (including phenoxy) is 1. The van der Waals surface area contributed by atoms with Crippen LogP contribution in [0.4, 0.5) is 0 Å². The molecule has 0 fully saturated rings. The molecule has 0 rings (SSSR count). The van der Waals surface area contributed by atoms with Crippen LogP contribution >= 0.6 is 0 Å². The van der Waals surface area contributed by atoms with Crippen molar-refractivity contribution in [2.24, 2.45) is 0 Å². The van der Waals surface area contributed by atoms with E-state index < -0.39 is 12.1 Å². The molecule has 0 amide bonds. The van der Waals surface area contributed by atoms with Crippen LogP contribution in [-0.4, -0.2) is 23.8 Å². The fourth-order valence-corrected chi connectivity index (χ4v) is 1.10. The summed E-state index contributed by atoms with van der Waals surface area (Å²) >= 11 is 0. The van der Waals surface area contributed by atoms with Crippen molar-refractivity contribution >= 4 is 5.97 Å². The smallest absolute Gasteiger partial charge is 0.339 e. The fourth-order valence-electron chi connectivity index (χ4n) is 1.10. The third-order valence-corrected chi connectivity index (χ3v) is 1.90. The van der Waals surface area contributed by atoms with Gasteiger partial charge in [0.05, 0.1) is 6.61 Å². The Morgan fingerprint density at radius 2 is 2.14 bits per heavy atom. The van der Waals surface area contributed by atoms with Gasteiger partial charge in [-0.1, -0.05) is 18.9 Å². The van der Waals surface area contributed by atoms with E-state index in [2.05, 4.69) is 11.7 Å². The molecular formula is C11H20O3. The molecule has 1 unspecified atom stereocenters. The summed E-state index contributed by atoms with van der Waals surface area (Å²) in [7, 11) is 0. The largest absolute Gasteiger partial charge is 0.464 e. The van der Waals surface area contributed by atoms with Crippen molar-refractivity contribution in [3.63, 3.8) is 0 Å². The number of aliphatic hydroxyl groups excluding tert-OH is 1. The third-order valence-electron chi connectivity index (χ3n) is 1.90. The van der Waals surface area contributed by atoms with Crippen LogP contribution in [0.3, 0.4) is 0 Å². The highest BCUT2D eigenvalue weighted by molar-refractivity contribution is 5.76. The first-order chi connectivity index (χ1) is 6.61. The quantitative estimate of drug-likeness (QED) is 0.527. The monoisotopic (exact) mass is 200 g/mol. The number of rotatable bonds is 6. The van der Waals surface area contributed by atoms with Crippen molar-refractivity contribution < 1.29 is 14.6 Å². The first kappa shape index (κ1) is 13.2. The van der Waals surface area contributed by atoms with E-state index in [4.69, 9.17) is 0 Å². The van der Waals surface area contributed by atoms with Crippen molar-refractivity contribution in [1.29, 1.82) is 0 Å². The van der Waals surface area contributed by atoms with Crippen molar-refractivity contribution in [2.75, 3.05) is 6.61 Å². The van der Waals surface area contributed by atoms with Gasteiger partial charge in [-0.05, 0) is 32.8 Å². The SMILES string of the molecule is CCCC/C(C)=C\C(O)C(=O)OCC. The summed E-state index contributed by atoms with van der Waals surface area (Å²) in [5, 5.41) is 9.37. The van der Waals surface area contributed by atoms with Gasteiger partial charge in [0.1, 0.15) is 0 Å². The maximum atomic E-state index is 11.0. The van der Waals surface area contributed by atoms with Crippen LogP contribution in [0.2, 0.25) is 0 Å². The molecule has 1 N–H and O–H groups in total. The minimum Gasteiger partial charge on any atom is -0.464 e. The topological polar surface area (TPSA) is 46.5 Å². The fraction of sp³-hybridized carbons (Fsp3) is 0.727. The number of hydrogen-bond donors (Lipinski definition) is 1. The Morgan fingerprint density at radius 3 is 2.64 bits per heavy atom. The zero-order valence-corrected chi connectivity index (χ0v) is 9.25. The van der Waals surface area contributed by atoms with Crippen LogP contribution in [0.15, 0.2) is 11.6 Å². The molecule has 0 aliphatic heterocycles. The average Bonchev–Trinajstić information content (AvgIpc) is 2.15. The summed E-state index contributed by atoms with van der Waals surface area (Å²) in [4.78, 5) is 11.0. The highest BCUT2D eigenvalue weighted by Crippen LogP contribution is 2.07. The van der Waals surface area contributed by atoms with E-state index in [9.17, 15) is 9.90 Å². The van der Waals surface area contributed by atoms with Gasteiger partial charge in [0.25, 0.3) is 0 Å². The summed E-state index contributed by atoms with van der Waals surface area (Å²) in [6, 6.07) is 0. The first-order valence-electron chi connectivity index (χ1n) is 5.13. The van der Waals surface area contributed by atoms with E-state index in [1.54, 1.807) is 13.0 Å². The minimum atomic E-state index is -1.10. The molecule has 0 heterocycles. The van der Waals surface area contributed by atoms with Crippen LogP contribution in [0.5, 0.6) is 0 Å². The van der Waals surface area contributed by atoms with Gasteiger partial charge in [-0.25, -0.2) is 4.79 Å². The first-order valence-corrected chi connectivity index (χ1v) is 5.13. The van der Waals surface area contributed by atoms with Gasteiger partial charge >= 0.3 is 5.97 Å². The van der Waals surface area contributed by atoms with Crippen LogP contribution < -0.4 is 0 Å². The van der Waals surface area contributed by atoms with Crippen LogP contribution in [-0.2, 0) is 9.53 Å². The number of unbranched alkanes of at least 4 members (excludes halogenated alkanes) is 1. The molecular weight excluding hydrogens is 180 g/mol. The molecule has 3 heteroatoms. The number of aliphatic hydroxyl groups is 1. The summed E-state index contributed by atoms with van der Waals surface area (Å²) in [6.45, 7) is 6.04. The van der Waals surface area contributed by atoms with Crippen molar-refractivity contribution in [2.45, 2.75) is 46.1 Å². The predicted octanol–water partition coefficient (Wildman–Crippen LogP) is 2.05. The second-order valence-electron chi connectivity index (χ2n) is 3.31. The number of hydrogen-bond acceptors (Lipinski definition) is 3. The highest BCUT2D eigenvalue weighted by Gasteiger charge is 2.12. The van der Waals surface area contributed by atoms with Gasteiger partial charge in [0, 0.05) is 0 Å². The van der Waals surface area contributed by atoms with Crippen molar-refractivity contribution in [3.05, 3.63) is 11.6 Å². The van der Waals surface area contributed by atoms with Gasteiger partial charge in [0.15, 0.2) is 6.10 Å². The van der Waals surface area contributed by atoms with Gasteiger partial charge < -0.3 is 9.84 Å². The van der Waals surface area contributed by atoms with Gasteiger partial charge in [-0.2, -0.15) is 0 Å². The van der Waals surface area contributed by atoms with Gasteiger partial charge in [0.2, 0.25) is 0 Å². The molecule has 0 radical (unpaired) electrons. The Morgan fingerprint density at radius 1 is 1.50 bits per heavy atom. The molecule has 0 aliphatic carbocycles. The Kier molecular flexibility index (Phi) is 7.11. The van der Waals surface area contributed by atoms with Crippen LogP contribution in [0.25, 0.3) is 0 Å². The Balaban J connectivity index is 3.99. The van der Waals surface area contributed by atoms with E-state index in [1.807, 2.05) is 6.92 Å². The Labute approximate surface area is 85.8 Å². The standard InChI is InChI=1S/C11H20O3/c1-4-6-7-9(3)8-10(12)11(13)14-5-2/h8,10,12H,4-7H2,1-3H3/b9-8-. The lowest BCUT2D eigenvalue weighted by Gasteiger charge is -2.06. The van der Waals surface area contributed by atoms with E-state index in [1.165, 1.54) is 0 Å². The van der Waals surface area contributed by atoms with E-state index in [-0.39, 0.29) is 0 Å². The number of esters is 1. The molecule has 0 bridgehead atoms. The lowest BCUT2D eigenvalue weighted by Crippen LogP contribution is -2.21. The average molecular weight is 200 g/mol.